The third kappa shape index (κ3) is 5.72. The fourth-order valence-electron chi connectivity index (χ4n) is 8.06. The van der Waals surface area contributed by atoms with Crippen LogP contribution in [0.25, 0.3) is 55.9 Å². The normalized spacial score (nSPS) is 13.0. The molecular weight excluding hydrogens is 659 g/mol. The number of fused-ring (bicyclic) bond motifs is 3. The minimum absolute atomic E-state index is 0.423. The molecular formula is C49H39N3Si. The lowest BCUT2D eigenvalue weighted by atomic mass is 9.67. The fraction of sp³-hybridized carbons (Fsp3) is 0.0816. The summed E-state index contributed by atoms with van der Waals surface area (Å²) in [6.45, 7) is 7.25. The number of hydrogen-bond donors (Lipinski definition) is 0. The van der Waals surface area contributed by atoms with Gasteiger partial charge < -0.3 is 0 Å². The Labute approximate surface area is 312 Å². The first-order chi connectivity index (χ1) is 25.9. The van der Waals surface area contributed by atoms with Gasteiger partial charge in [0.15, 0.2) is 0 Å². The van der Waals surface area contributed by atoms with Crippen LogP contribution in [0.1, 0.15) is 22.3 Å². The topological polar surface area (TPSA) is 38.7 Å². The summed E-state index contributed by atoms with van der Waals surface area (Å²) in [5.74, 6) is 0. The van der Waals surface area contributed by atoms with Gasteiger partial charge in [-0.3, -0.25) is 9.97 Å². The van der Waals surface area contributed by atoms with E-state index < -0.39 is 13.5 Å². The molecule has 8 aromatic rings. The fourth-order valence-corrected chi connectivity index (χ4v) is 9.22. The predicted octanol–water partition coefficient (Wildman–Crippen LogP) is 11.4. The number of benzene rings is 5. The van der Waals surface area contributed by atoms with Gasteiger partial charge in [0, 0.05) is 35.9 Å². The number of rotatable bonds is 7. The van der Waals surface area contributed by atoms with Crippen molar-refractivity contribution in [2.75, 3.05) is 0 Å². The average Bonchev–Trinajstić information content (AvgIpc) is 3.52. The number of aromatic nitrogens is 3. The van der Waals surface area contributed by atoms with Gasteiger partial charge in [0.2, 0.25) is 0 Å². The molecule has 0 fully saturated rings. The van der Waals surface area contributed by atoms with Crippen LogP contribution in [0.5, 0.6) is 0 Å². The molecule has 0 saturated carbocycles. The van der Waals surface area contributed by atoms with Crippen LogP contribution in [0.15, 0.2) is 183 Å². The van der Waals surface area contributed by atoms with Crippen LogP contribution < -0.4 is 5.19 Å². The van der Waals surface area contributed by atoms with Crippen LogP contribution in [-0.2, 0) is 5.41 Å². The Bertz CT molecular complexity index is 2470. The van der Waals surface area contributed by atoms with E-state index >= 15 is 0 Å². The zero-order valence-electron chi connectivity index (χ0n) is 30.2. The van der Waals surface area contributed by atoms with Gasteiger partial charge in [-0.2, -0.15) is 0 Å². The van der Waals surface area contributed by atoms with E-state index in [9.17, 15) is 0 Å². The maximum atomic E-state index is 5.03. The summed E-state index contributed by atoms with van der Waals surface area (Å²) in [6, 6.07) is 57.9. The van der Waals surface area contributed by atoms with E-state index in [4.69, 9.17) is 4.98 Å². The molecule has 254 valence electrons. The van der Waals surface area contributed by atoms with E-state index in [0.717, 1.165) is 39.2 Å². The maximum absolute atomic E-state index is 5.03. The van der Waals surface area contributed by atoms with Crippen molar-refractivity contribution in [3.8, 4) is 55.9 Å². The molecule has 0 amide bonds. The Morgan fingerprint density at radius 3 is 1.42 bits per heavy atom. The van der Waals surface area contributed by atoms with E-state index in [2.05, 4.69) is 175 Å². The van der Waals surface area contributed by atoms with Crippen LogP contribution in [0.2, 0.25) is 19.6 Å². The zero-order valence-corrected chi connectivity index (χ0v) is 31.2. The standard InChI is InChI=1S/C49H39N3Si/c1-53(2,3)42-25-23-41(24-26-42)49(45-17-6-4-15-43(45)44-16-5-7-18-46(44)49)40-21-19-34(20-22-40)35-11-8-12-36(29-35)39-30-47(37-13-9-27-50-32-37)52-48(31-39)38-14-10-28-51-33-38/h4-33H,1-3H3. The Hall–Kier alpha value is -6.23. The highest BCUT2D eigenvalue weighted by Gasteiger charge is 2.45. The van der Waals surface area contributed by atoms with Crippen molar-refractivity contribution in [1.82, 2.24) is 15.0 Å². The van der Waals surface area contributed by atoms with Crippen LogP contribution in [0.4, 0.5) is 0 Å². The van der Waals surface area contributed by atoms with Gasteiger partial charge in [0.25, 0.3) is 0 Å². The third-order valence-electron chi connectivity index (χ3n) is 10.7. The van der Waals surface area contributed by atoms with Crippen molar-refractivity contribution >= 4 is 13.3 Å². The molecule has 3 aromatic heterocycles. The van der Waals surface area contributed by atoms with Gasteiger partial charge in [0.1, 0.15) is 0 Å². The van der Waals surface area contributed by atoms with Gasteiger partial charge in [0.05, 0.1) is 24.9 Å². The molecule has 0 saturated heterocycles. The van der Waals surface area contributed by atoms with Crippen molar-refractivity contribution < 1.29 is 0 Å². The van der Waals surface area contributed by atoms with Crippen LogP contribution in [-0.4, -0.2) is 23.0 Å². The molecule has 0 atom stereocenters. The molecule has 4 heteroatoms. The quantitative estimate of drug-likeness (QED) is 0.156. The highest BCUT2D eigenvalue weighted by atomic mass is 28.3. The summed E-state index contributed by atoms with van der Waals surface area (Å²) in [4.78, 5) is 13.8. The van der Waals surface area contributed by atoms with E-state index in [1.54, 1.807) is 12.4 Å². The summed E-state index contributed by atoms with van der Waals surface area (Å²) in [7, 11) is -1.47. The van der Waals surface area contributed by atoms with Crippen molar-refractivity contribution in [3.63, 3.8) is 0 Å². The van der Waals surface area contributed by atoms with Gasteiger partial charge >= 0.3 is 0 Å². The molecule has 1 aliphatic carbocycles. The van der Waals surface area contributed by atoms with Crippen molar-refractivity contribution in [1.29, 1.82) is 0 Å². The lowest BCUT2D eigenvalue weighted by Gasteiger charge is -2.34. The first kappa shape index (κ1) is 32.7. The second-order valence-corrected chi connectivity index (χ2v) is 20.0. The van der Waals surface area contributed by atoms with E-state index in [0.29, 0.717) is 0 Å². The molecule has 0 radical (unpaired) electrons. The summed E-state index contributed by atoms with van der Waals surface area (Å²) in [5.41, 5.74) is 15.7. The van der Waals surface area contributed by atoms with Gasteiger partial charge in [-0.15, -0.1) is 0 Å². The molecule has 53 heavy (non-hydrogen) atoms. The predicted molar refractivity (Wildman–Crippen MR) is 222 cm³/mol. The van der Waals surface area contributed by atoms with Gasteiger partial charge in [-0.05, 0) is 98.1 Å². The highest BCUT2D eigenvalue weighted by molar-refractivity contribution is 6.88. The minimum atomic E-state index is -1.47. The van der Waals surface area contributed by atoms with Crippen LogP contribution in [0, 0.1) is 0 Å². The largest absolute Gasteiger partial charge is 0.264 e. The molecule has 3 nitrogen and oxygen atoms in total. The summed E-state index contributed by atoms with van der Waals surface area (Å²) >= 11 is 0. The Morgan fingerprint density at radius 2 is 0.906 bits per heavy atom. The Morgan fingerprint density at radius 1 is 0.415 bits per heavy atom. The summed E-state index contributed by atoms with van der Waals surface area (Å²) in [6.07, 6.45) is 7.32. The lowest BCUT2D eigenvalue weighted by Crippen LogP contribution is -2.38. The molecule has 9 rings (SSSR count). The average molecular weight is 698 g/mol. The molecule has 0 aliphatic heterocycles. The van der Waals surface area contributed by atoms with Crippen molar-refractivity contribution in [2.24, 2.45) is 0 Å². The zero-order chi connectivity index (χ0) is 36.0. The Balaban J connectivity index is 1.15. The molecule has 5 aromatic carbocycles. The van der Waals surface area contributed by atoms with Gasteiger partial charge in [-0.25, -0.2) is 4.98 Å². The van der Waals surface area contributed by atoms with E-state index in [1.165, 1.54) is 44.1 Å². The lowest BCUT2D eigenvalue weighted by molar-refractivity contribution is 0.769. The number of hydrogen-bond acceptors (Lipinski definition) is 3. The van der Waals surface area contributed by atoms with Crippen LogP contribution >= 0.6 is 0 Å². The van der Waals surface area contributed by atoms with Crippen molar-refractivity contribution in [2.45, 2.75) is 25.1 Å². The van der Waals surface area contributed by atoms with E-state index in [-0.39, 0.29) is 0 Å². The second kappa shape index (κ2) is 13.1. The van der Waals surface area contributed by atoms with Crippen LogP contribution in [0.3, 0.4) is 0 Å². The first-order valence-electron chi connectivity index (χ1n) is 18.2. The summed E-state index contributed by atoms with van der Waals surface area (Å²) in [5, 5.41) is 1.47. The Kier molecular flexibility index (Phi) is 8.05. The molecule has 0 unspecified atom stereocenters. The SMILES string of the molecule is C[Si](C)(C)c1ccc(C2(c3ccc(-c4cccc(-c5cc(-c6cccnc6)nc(-c6cccnc6)c5)c4)cc3)c3ccccc3-c3ccccc32)cc1. The minimum Gasteiger partial charge on any atom is -0.264 e. The van der Waals surface area contributed by atoms with E-state index in [1.807, 2.05) is 24.5 Å². The molecule has 1 aliphatic rings. The molecule has 3 heterocycles. The monoisotopic (exact) mass is 697 g/mol. The van der Waals surface area contributed by atoms with Crippen molar-refractivity contribution in [3.05, 3.63) is 205 Å². The molecule has 0 spiro atoms. The third-order valence-corrected chi connectivity index (χ3v) is 12.8. The smallest absolute Gasteiger partial charge is 0.0775 e. The summed E-state index contributed by atoms with van der Waals surface area (Å²) < 4.78 is 0. The maximum Gasteiger partial charge on any atom is 0.0775 e. The molecule has 0 N–H and O–H groups in total. The number of nitrogens with zero attached hydrogens (tertiary/aromatic N) is 3. The first-order valence-corrected chi connectivity index (χ1v) is 21.7. The highest BCUT2D eigenvalue weighted by Crippen LogP contribution is 2.56. The molecule has 0 bridgehead atoms. The second-order valence-electron chi connectivity index (χ2n) is 14.9. The van der Waals surface area contributed by atoms with Gasteiger partial charge in [-0.1, -0.05) is 140 Å². The number of pyridine rings is 3.